The first kappa shape index (κ1) is 7.94. The van der Waals surface area contributed by atoms with Gasteiger partial charge in [0.2, 0.25) is 12.2 Å². The van der Waals surface area contributed by atoms with Crippen molar-refractivity contribution in [3.63, 3.8) is 0 Å². The van der Waals surface area contributed by atoms with Crippen LogP contribution >= 0.6 is 0 Å². The van der Waals surface area contributed by atoms with Gasteiger partial charge in [-0.15, -0.1) is 0 Å². The fourth-order valence-electron chi connectivity index (χ4n) is 1.09. The highest BCUT2D eigenvalue weighted by Crippen LogP contribution is 2.14. The van der Waals surface area contributed by atoms with E-state index >= 15 is 0 Å². The fraction of sp³-hybridized carbons (Fsp3) is 0.111. The van der Waals surface area contributed by atoms with Crippen LogP contribution in [0.1, 0.15) is 5.56 Å². The smallest absolute Gasteiger partial charge is 0.214 e. The Hall–Kier alpha value is -1.68. The topological polar surface area (TPSA) is 64.9 Å². The standard InChI is InChI=1S/C9H9N3O/c10-5-7-1-3-8(4-2-7)9-11-6-13-12-9/h1-4,6H,5,10H2. The molecule has 2 N–H and O–H groups in total. The molecule has 13 heavy (non-hydrogen) atoms. The minimum absolute atomic E-state index is 0.548. The van der Waals surface area contributed by atoms with E-state index in [1.54, 1.807) is 0 Å². The molecule has 66 valence electrons. The summed E-state index contributed by atoms with van der Waals surface area (Å²) in [5, 5.41) is 3.72. The minimum atomic E-state index is 0.548. The first-order chi connectivity index (χ1) is 6.40. The van der Waals surface area contributed by atoms with E-state index in [0.717, 1.165) is 11.1 Å². The molecule has 1 aromatic carbocycles. The first-order valence-electron chi connectivity index (χ1n) is 3.96. The zero-order chi connectivity index (χ0) is 9.10. The molecule has 0 aliphatic carbocycles. The number of hydrogen-bond donors (Lipinski definition) is 1. The monoisotopic (exact) mass is 175 g/mol. The Labute approximate surface area is 75.4 Å². The molecule has 2 aromatic rings. The molecule has 4 nitrogen and oxygen atoms in total. The maximum Gasteiger partial charge on any atom is 0.214 e. The van der Waals surface area contributed by atoms with Gasteiger partial charge in [0.1, 0.15) is 0 Å². The molecule has 0 saturated carbocycles. The second kappa shape index (κ2) is 3.37. The molecule has 0 radical (unpaired) electrons. The zero-order valence-electron chi connectivity index (χ0n) is 6.97. The highest BCUT2D eigenvalue weighted by atomic mass is 16.5. The lowest BCUT2D eigenvalue weighted by Crippen LogP contribution is -1.95. The number of benzene rings is 1. The summed E-state index contributed by atoms with van der Waals surface area (Å²) in [5.41, 5.74) is 7.49. The van der Waals surface area contributed by atoms with Crippen molar-refractivity contribution in [3.8, 4) is 11.4 Å². The minimum Gasteiger partial charge on any atom is -0.342 e. The van der Waals surface area contributed by atoms with Crippen LogP contribution in [0.4, 0.5) is 0 Å². The molecule has 0 spiro atoms. The Morgan fingerprint density at radius 2 is 2.00 bits per heavy atom. The molecular weight excluding hydrogens is 166 g/mol. The average molecular weight is 175 g/mol. The van der Waals surface area contributed by atoms with Gasteiger partial charge in [-0.25, -0.2) is 0 Å². The van der Waals surface area contributed by atoms with Gasteiger partial charge in [0.15, 0.2) is 0 Å². The van der Waals surface area contributed by atoms with E-state index in [1.165, 1.54) is 6.39 Å². The van der Waals surface area contributed by atoms with Gasteiger partial charge in [0.25, 0.3) is 0 Å². The lowest BCUT2D eigenvalue weighted by Gasteiger charge is -1.96. The summed E-state index contributed by atoms with van der Waals surface area (Å²) >= 11 is 0. The normalized spacial score (nSPS) is 10.2. The predicted molar refractivity (Wildman–Crippen MR) is 47.6 cm³/mol. The predicted octanol–water partition coefficient (Wildman–Crippen LogP) is 1.20. The molecule has 0 saturated heterocycles. The number of hydrogen-bond acceptors (Lipinski definition) is 4. The fourth-order valence-corrected chi connectivity index (χ4v) is 1.09. The zero-order valence-corrected chi connectivity index (χ0v) is 6.97. The Morgan fingerprint density at radius 3 is 2.54 bits per heavy atom. The third kappa shape index (κ3) is 1.57. The van der Waals surface area contributed by atoms with Gasteiger partial charge in [-0.2, -0.15) is 4.98 Å². The lowest BCUT2D eigenvalue weighted by molar-refractivity contribution is 0.419. The molecular formula is C9H9N3O. The second-order valence-corrected chi connectivity index (χ2v) is 2.66. The van der Waals surface area contributed by atoms with Crippen molar-refractivity contribution in [2.45, 2.75) is 6.54 Å². The van der Waals surface area contributed by atoms with Crippen molar-refractivity contribution < 1.29 is 4.52 Å². The molecule has 0 amide bonds. The summed E-state index contributed by atoms with van der Waals surface area (Å²) in [6.45, 7) is 0.548. The molecule has 0 bridgehead atoms. The molecule has 1 aromatic heterocycles. The molecule has 4 heteroatoms. The molecule has 2 rings (SSSR count). The van der Waals surface area contributed by atoms with Crippen molar-refractivity contribution in [1.82, 2.24) is 10.1 Å². The number of rotatable bonds is 2. The van der Waals surface area contributed by atoms with E-state index < -0.39 is 0 Å². The Bertz CT molecular complexity index is 366. The largest absolute Gasteiger partial charge is 0.342 e. The highest BCUT2D eigenvalue weighted by Gasteiger charge is 2.01. The van der Waals surface area contributed by atoms with Crippen molar-refractivity contribution in [3.05, 3.63) is 36.2 Å². The van der Waals surface area contributed by atoms with Crippen molar-refractivity contribution in [2.24, 2.45) is 5.73 Å². The van der Waals surface area contributed by atoms with Crippen LogP contribution in [0.5, 0.6) is 0 Å². The summed E-state index contributed by atoms with van der Waals surface area (Å²) < 4.78 is 4.64. The Balaban J connectivity index is 2.33. The molecule has 0 fully saturated rings. The molecule has 0 aliphatic rings. The maximum absolute atomic E-state index is 5.47. The summed E-state index contributed by atoms with van der Waals surface area (Å²) in [5.74, 6) is 0.601. The Kier molecular flexibility index (Phi) is 2.06. The van der Waals surface area contributed by atoms with Crippen LogP contribution in [0.3, 0.4) is 0 Å². The van der Waals surface area contributed by atoms with Crippen LogP contribution < -0.4 is 5.73 Å². The SMILES string of the molecule is NCc1ccc(-c2ncon2)cc1. The highest BCUT2D eigenvalue weighted by molar-refractivity contribution is 5.54. The van der Waals surface area contributed by atoms with Crippen LogP contribution in [0.2, 0.25) is 0 Å². The quantitative estimate of drug-likeness (QED) is 0.744. The number of nitrogens with two attached hydrogens (primary N) is 1. The van der Waals surface area contributed by atoms with Crippen LogP contribution in [-0.4, -0.2) is 10.1 Å². The third-order valence-electron chi connectivity index (χ3n) is 1.81. The third-order valence-corrected chi connectivity index (χ3v) is 1.81. The molecule has 0 atom stereocenters. The first-order valence-corrected chi connectivity index (χ1v) is 3.96. The van der Waals surface area contributed by atoms with Gasteiger partial charge >= 0.3 is 0 Å². The van der Waals surface area contributed by atoms with Gasteiger partial charge in [0.05, 0.1) is 0 Å². The van der Waals surface area contributed by atoms with Crippen molar-refractivity contribution in [1.29, 1.82) is 0 Å². The van der Waals surface area contributed by atoms with E-state index in [-0.39, 0.29) is 0 Å². The van der Waals surface area contributed by atoms with E-state index in [0.29, 0.717) is 12.4 Å². The van der Waals surface area contributed by atoms with E-state index in [9.17, 15) is 0 Å². The van der Waals surface area contributed by atoms with Gasteiger partial charge < -0.3 is 10.3 Å². The van der Waals surface area contributed by atoms with Gasteiger partial charge in [-0.1, -0.05) is 29.4 Å². The van der Waals surface area contributed by atoms with Crippen LogP contribution in [0.15, 0.2) is 35.2 Å². The number of aromatic nitrogens is 2. The second-order valence-electron chi connectivity index (χ2n) is 2.66. The van der Waals surface area contributed by atoms with Crippen LogP contribution in [0, 0.1) is 0 Å². The summed E-state index contributed by atoms with van der Waals surface area (Å²) in [7, 11) is 0. The van der Waals surface area contributed by atoms with E-state index in [1.807, 2.05) is 24.3 Å². The lowest BCUT2D eigenvalue weighted by atomic mass is 10.1. The van der Waals surface area contributed by atoms with E-state index in [2.05, 4.69) is 14.7 Å². The average Bonchev–Trinajstić information content (AvgIpc) is 2.71. The van der Waals surface area contributed by atoms with Gasteiger partial charge in [-0.3, -0.25) is 0 Å². The van der Waals surface area contributed by atoms with E-state index in [4.69, 9.17) is 5.73 Å². The summed E-state index contributed by atoms with van der Waals surface area (Å²) in [6, 6.07) is 7.75. The Morgan fingerprint density at radius 1 is 1.23 bits per heavy atom. The van der Waals surface area contributed by atoms with Gasteiger partial charge in [-0.05, 0) is 5.56 Å². The molecule has 0 aliphatic heterocycles. The van der Waals surface area contributed by atoms with Crippen molar-refractivity contribution >= 4 is 0 Å². The van der Waals surface area contributed by atoms with Crippen LogP contribution in [-0.2, 0) is 6.54 Å². The molecule has 0 unspecified atom stereocenters. The van der Waals surface area contributed by atoms with Crippen molar-refractivity contribution in [2.75, 3.05) is 0 Å². The summed E-state index contributed by atoms with van der Waals surface area (Å²) in [6.07, 6.45) is 1.31. The summed E-state index contributed by atoms with van der Waals surface area (Å²) in [4.78, 5) is 3.93. The van der Waals surface area contributed by atoms with Crippen LogP contribution in [0.25, 0.3) is 11.4 Å². The maximum atomic E-state index is 5.47. The molecule has 1 heterocycles. The number of nitrogens with zero attached hydrogens (tertiary/aromatic N) is 2. The van der Waals surface area contributed by atoms with Gasteiger partial charge in [0, 0.05) is 12.1 Å².